The molecule has 2 aromatic rings. The van der Waals surface area contributed by atoms with Crippen LogP contribution in [0.25, 0.3) is 0 Å². The Hall–Kier alpha value is -1.02. The summed E-state index contributed by atoms with van der Waals surface area (Å²) in [4.78, 5) is 0. The fraction of sp³-hybridized carbons (Fsp3) is 0.250. The second-order valence-electron chi connectivity index (χ2n) is 5.20. The van der Waals surface area contributed by atoms with Crippen LogP contribution >= 0.6 is 23.2 Å². The average Bonchev–Trinajstić information content (AvgIpc) is 2.41. The van der Waals surface area contributed by atoms with Crippen LogP contribution in [0.2, 0.25) is 10.0 Å². The highest BCUT2D eigenvalue weighted by Crippen LogP contribution is 2.39. The van der Waals surface area contributed by atoms with Gasteiger partial charge in [-0.25, -0.2) is 0 Å². The van der Waals surface area contributed by atoms with E-state index in [1.807, 2.05) is 12.1 Å². The number of halogens is 2. The second-order valence-corrected chi connectivity index (χ2v) is 5.99. The van der Waals surface area contributed by atoms with Crippen molar-refractivity contribution in [2.75, 3.05) is 0 Å². The molecule has 1 atom stereocenters. The largest absolute Gasteiger partial charge is 0.321 e. The predicted octanol–water partition coefficient (Wildman–Crippen LogP) is 4.34. The van der Waals surface area contributed by atoms with Crippen LogP contribution < -0.4 is 5.73 Å². The Morgan fingerprint density at radius 3 is 2.47 bits per heavy atom. The highest BCUT2D eigenvalue weighted by Gasteiger charge is 2.34. The third-order valence-corrected chi connectivity index (χ3v) is 4.77. The fourth-order valence-corrected chi connectivity index (χ4v) is 3.37. The zero-order valence-corrected chi connectivity index (χ0v) is 12.0. The van der Waals surface area contributed by atoms with Crippen molar-refractivity contribution in [3.63, 3.8) is 0 Å². The molecule has 0 bridgehead atoms. The van der Waals surface area contributed by atoms with Crippen molar-refractivity contribution in [1.29, 1.82) is 0 Å². The molecule has 0 aromatic heterocycles. The van der Waals surface area contributed by atoms with Gasteiger partial charge in [-0.3, -0.25) is 0 Å². The van der Waals surface area contributed by atoms with Gasteiger partial charge in [0.15, 0.2) is 0 Å². The first-order chi connectivity index (χ1) is 9.10. The third kappa shape index (κ3) is 2.27. The molecule has 0 amide bonds. The van der Waals surface area contributed by atoms with Crippen molar-refractivity contribution in [3.05, 3.63) is 69.2 Å². The summed E-state index contributed by atoms with van der Waals surface area (Å²) in [5.74, 6) is 0. The predicted molar refractivity (Wildman–Crippen MR) is 80.8 cm³/mol. The number of hydrogen-bond donors (Lipinski definition) is 1. The van der Waals surface area contributed by atoms with E-state index in [9.17, 15) is 0 Å². The number of nitrogens with two attached hydrogens (primary N) is 1. The van der Waals surface area contributed by atoms with E-state index in [4.69, 9.17) is 28.9 Å². The van der Waals surface area contributed by atoms with E-state index in [2.05, 4.69) is 24.3 Å². The lowest BCUT2D eigenvalue weighted by atomic mass is 9.74. The summed E-state index contributed by atoms with van der Waals surface area (Å²) in [5, 5.41) is 1.16. The van der Waals surface area contributed by atoms with E-state index >= 15 is 0 Å². The van der Waals surface area contributed by atoms with E-state index in [-0.39, 0.29) is 0 Å². The number of benzene rings is 2. The molecule has 0 aliphatic heterocycles. The molecule has 98 valence electrons. The van der Waals surface area contributed by atoms with Gasteiger partial charge in [0.1, 0.15) is 0 Å². The SMILES string of the molecule is NC1(c2cccc(Cl)c2Cl)CCc2ccccc2C1. The minimum Gasteiger partial charge on any atom is -0.321 e. The summed E-state index contributed by atoms with van der Waals surface area (Å²) in [6, 6.07) is 14.2. The molecule has 3 heteroatoms. The molecule has 2 N–H and O–H groups in total. The molecule has 1 aliphatic rings. The molecule has 0 heterocycles. The molecule has 0 fully saturated rings. The normalized spacial score (nSPS) is 22.1. The average molecular weight is 292 g/mol. The summed E-state index contributed by atoms with van der Waals surface area (Å²) < 4.78 is 0. The molecule has 0 radical (unpaired) electrons. The van der Waals surface area contributed by atoms with Gasteiger partial charge < -0.3 is 5.73 Å². The van der Waals surface area contributed by atoms with Crippen molar-refractivity contribution in [1.82, 2.24) is 0 Å². The molecule has 3 rings (SSSR count). The lowest BCUT2D eigenvalue weighted by Gasteiger charge is -2.36. The van der Waals surface area contributed by atoms with Gasteiger partial charge in [-0.15, -0.1) is 0 Å². The lowest BCUT2D eigenvalue weighted by molar-refractivity contribution is 0.385. The molecule has 0 spiro atoms. The molecule has 1 aliphatic carbocycles. The van der Waals surface area contributed by atoms with Crippen molar-refractivity contribution < 1.29 is 0 Å². The molecule has 19 heavy (non-hydrogen) atoms. The Morgan fingerprint density at radius 2 is 1.68 bits per heavy atom. The van der Waals surface area contributed by atoms with Crippen LogP contribution in [0.3, 0.4) is 0 Å². The van der Waals surface area contributed by atoms with Gasteiger partial charge in [0, 0.05) is 5.54 Å². The Balaban J connectivity index is 2.04. The van der Waals surface area contributed by atoms with Gasteiger partial charge in [-0.2, -0.15) is 0 Å². The smallest absolute Gasteiger partial charge is 0.0642 e. The maximum atomic E-state index is 6.62. The maximum Gasteiger partial charge on any atom is 0.0642 e. The van der Waals surface area contributed by atoms with E-state index in [1.54, 1.807) is 6.07 Å². The second kappa shape index (κ2) is 4.82. The summed E-state index contributed by atoms with van der Waals surface area (Å²) in [6.07, 6.45) is 2.68. The summed E-state index contributed by atoms with van der Waals surface area (Å²) in [6.45, 7) is 0. The van der Waals surface area contributed by atoms with Crippen LogP contribution in [-0.2, 0) is 18.4 Å². The van der Waals surface area contributed by atoms with Gasteiger partial charge in [0.2, 0.25) is 0 Å². The van der Waals surface area contributed by atoms with Crippen LogP contribution in [0.15, 0.2) is 42.5 Å². The number of fused-ring (bicyclic) bond motifs is 1. The summed E-state index contributed by atoms with van der Waals surface area (Å²) in [7, 11) is 0. The van der Waals surface area contributed by atoms with Crippen molar-refractivity contribution in [2.24, 2.45) is 5.73 Å². The maximum absolute atomic E-state index is 6.62. The van der Waals surface area contributed by atoms with Gasteiger partial charge in [0.25, 0.3) is 0 Å². The topological polar surface area (TPSA) is 26.0 Å². The highest BCUT2D eigenvalue weighted by molar-refractivity contribution is 6.42. The Kier molecular flexibility index (Phi) is 3.30. The van der Waals surface area contributed by atoms with E-state index in [0.717, 1.165) is 24.8 Å². The van der Waals surface area contributed by atoms with Crippen LogP contribution in [0, 0.1) is 0 Å². The van der Waals surface area contributed by atoms with Gasteiger partial charge in [-0.05, 0) is 42.0 Å². The van der Waals surface area contributed by atoms with Crippen LogP contribution in [0.4, 0.5) is 0 Å². The van der Waals surface area contributed by atoms with E-state index < -0.39 is 5.54 Å². The van der Waals surface area contributed by atoms with Crippen LogP contribution in [0.1, 0.15) is 23.1 Å². The first-order valence-electron chi connectivity index (χ1n) is 6.40. The minimum absolute atomic E-state index is 0.420. The first kappa shape index (κ1) is 13.0. The zero-order chi connectivity index (χ0) is 13.5. The molecule has 2 aromatic carbocycles. The summed E-state index contributed by atoms with van der Waals surface area (Å²) >= 11 is 12.4. The molecular formula is C16H15Cl2N. The van der Waals surface area contributed by atoms with Crippen molar-refractivity contribution in [3.8, 4) is 0 Å². The Labute approximate surface area is 123 Å². The highest BCUT2D eigenvalue weighted by atomic mass is 35.5. The van der Waals surface area contributed by atoms with Crippen molar-refractivity contribution >= 4 is 23.2 Å². The minimum atomic E-state index is -0.420. The van der Waals surface area contributed by atoms with E-state index in [0.29, 0.717) is 10.0 Å². The number of rotatable bonds is 1. The van der Waals surface area contributed by atoms with Crippen LogP contribution in [-0.4, -0.2) is 0 Å². The molecule has 1 nitrogen and oxygen atoms in total. The summed E-state index contributed by atoms with van der Waals surface area (Å²) in [5.41, 5.74) is 9.86. The quantitative estimate of drug-likeness (QED) is 0.831. The van der Waals surface area contributed by atoms with Crippen LogP contribution in [0.5, 0.6) is 0 Å². The first-order valence-corrected chi connectivity index (χ1v) is 7.16. The number of hydrogen-bond acceptors (Lipinski definition) is 1. The molecule has 1 unspecified atom stereocenters. The van der Waals surface area contributed by atoms with Gasteiger partial charge in [0.05, 0.1) is 10.0 Å². The van der Waals surface area contributed by atoms with Gasteiger partial charge in [-0.1, -0.05) is 59.6 Å². The van der Waals surface area contributed by atoms with Crippen molar-refractivity contribution in [2.45, 2.75) is 24.8 Å². The standard InChI is InChI=1S/C16H15Cl2N/c17-14-7-3-6-13(15(14)18)16(19)9-8-11-4-1-2-5-12(11)10-16/h1-7H,8-10,19H2. The zero-order valence-electron chi connectivity index (χ0n) is 10.5. The third-order valence-electron chi connectivity index (χ3n) is 3.95. The molecular weight excluding hydrogens is 277 g/mol. The fourth-order valence-electron chi connectivity index (χ4n) is 2.88. The lowest BCUT2D eigenvalue weighted by Crippen LogP contribution is -2.42. The monoisotopic (exact) mass is 291 g/mol. The molecule has 0 saturated carbocycles. The Bertz CT molecular complexity index is 624. The number of aryl methyl sites for hydroxylation is 1. The van der Waals surface area contributed by atoms with Gasteiger partial charge >= 0.3 is 0 Å². The Morgan fingerprint density at radius 1 is 0.947 bits per heavy atom. The molecule has 0 saturated heterocycles. The van der Waals surface area contributed by atoms with E-state index in [1.165, 1.54) is 11.1 Å².